The molecule has 21 heavy (non-hydrogen) atoms. The number of rotatable bonds is 5. The predicted octanol–water partition coefficient (Wildman–Crippen LogP) is 2.45. The molecule has 112 valence electrons. The minimum Gasteiger partial charge on any atom is -0.497 e. The molecule has 5 nitrogen and oxygen atoms in total. The summed E-state index contributed by atoms with van der Waals surface area (Å²) in [5.41, 5.74) is 0.178. The zero-order valence-electron chi connectivity index (χ0n) is 12.3. The number of amides is 1. The average molecular weight is 287 g/mol. The lowest BCUT2D eigenvalue weighted by atomic mass is 9.83. The fraction of sp³-hybridized carbons (Fsp3) is 0.500. The maximum absolute atomic E-state index is 12.0. The summed E-state index contributed by atoms with van der Waals surface area (Å²) in [6.45, 7) is 0.162. The van der Waals surface area contributed by atoms with Crippen LogP contribution in [0.1, 0.15) is 32.1 Å². The van der Waals surface area contributed by atoms with Crippen LogP contribution in [0, 0.1) is 11.3 Å². The lowest BCUT2D eigenvalue weighted by Crippen LogP contribution is -2.50. The summed E-state index contributed by atoms with van der Waals surface area (Å²) in [7, 11) is 1.61. The molecule has 0 aromatic heterocycles. The third-order valence-electron chi connectivity index (χ3n) is 3.84. The zero-order valence-corrected chi connectivity index (χ0v) is 12.3. The minimum absolute atomic E-state index is 0.144. The minimum atomic E-state index is -0.670. The maximum atomic E-state index is 12.0. The highest BCUT2D eigenvalue weighted by atomic mass is 16.5. The van der Waals surface area contributed by atoms with E-state index in [0.29, 0.717) is 0 Å². The Morgan fingerprint density at radius 2 is 1.95 bits per heavy atom. The summed E-state index contributed by atoms with van der Waals surface area (Å²) in [5.74, 6) is 0.630. The van der Waals surface area contributed by atoms with Crippen LogP contribution in [0.3, 0.4) is 0 Å². The van der Waals surface area contributed by atoms with Gasteiger partial charge in [0.05, 0.1) is 19.7 Å². The van der Waals surface area contributed by atoms with E-state index in [1.54, 1.807) is 7.11 Å². The molecule has 1 aliphatic carbocycles. The summed E-state index contributed by atoms with van der Waals surface area (Å²) in [5, 5.41) is 15.3. The molecule has 0 unspecified atom stereocenters. The summed E-state index contributed by atoms with van der Waals surface area (Å²) in [4.78, 5) is 12.0. The first-order valence-electron chi connectivity index (χ1n) is 7.28. The number of benzene rings is 1. The number of hydrogen-bond acceptors (Lipinski definition) is 4. The van der Waals surface area contributed by atoms with Crippen LogP contribution in [0.5, 0.6) is 5.75 Å². The first-order valence-corrected chi connectivity index (χ1v) is 7.28. The molecule has 1 saturated carbocycles. The van der Waals surface area contributed by atoms with Crippen LogP contribution >= 0.6 is 0 Å². The molecular weight excluding hydrogens is 266 g/mol. The highest BCUT2D eigenvalue weighted by Gasteiger charge is 2.33. The van der Waals surface area contributed by atoms with E-state index < -0.39 is 5.54 Å². The van der Waals surface area contributed by atoms with Gasteiger partial charge >= 0.3 is 0 Å². The molecule has 0 saturated heterocycles. The molecule has 0 spiro atoms. The van der Waals surface area contributed by atoms with Crippen molar-refractivity contribution in [3.05, 3.63) is 24.3 Å². The smallest absolute Gasteiger partial charge is 0.240 e. The third-order valence-corrected chi connectivity index (χ3v) is 3.84. The van der Waals surface area contributed by atoms with Gasteiger partial charge < -0.3 is 15.4 Å². The van der Waals surface area contributed by atoms with Crippen LogP contribution in [0.25, 0.3) is 0 Å². The Morgan fingerprint density at radius 1 is 1.29 bits per heavy atom. The van der Waals surface area contributed by atoms with Crippen molar-refractivity contribution in [2.24, 2.45) is 0 Å². The predicted molar refractivity (Wildman–Crippen MR) is 81.1 cm³/mol. The fourth-order valence-electron chi connectivity index (χ4n) is 2.62. The molecule has 0 bridgehead atoms. The Bertz CT molecular complexity index is 513. The van der Waals surface area contributed by atoms with Crippen molar-refractivity contribution in [1.29, 1.82) is 5.26 Å². The van der Waals surface area contributed by atoms with Crippen molar-refractivity contribution in [3.8, 4) is 11.8 Å². The fourth-order valence-corrected chi connectivity index (χ4v) is 2.62. The van der Waals surface area contributed by atoms with Crippen molar-refractivity contribution >= 4 is 11.6 Å². The number of methoxy groups -OCH3 is 1. The van der Waals surface area contributed by atoms with Crippen LogP contribution in [-0.4, -0.2) is 25.1 Å². The van der Waals surface area contributed by atoms with Crippen LogP contribution in [0.4, 0.5) is 5.69 Å². The summed E-state index contributed by atoms with van der Waals surface area (Å²) in [6, 6.07) is 9.66. The molecule has 0 radical (unpaired) electrons. The SMILES string of the molecule is COc1ccc(NCC(=O)NC2(C#N)CCCCC2)cc1. The number of anilines is 1. The topological polar surface area (TPSA) is 74.2 Å². The van der Waals surface area contributed by atoms with Gasteiger partial charge in [-0.1, -0.05) is 19.3 Å². The molecule has 2 rings (SSSR count). The highest BCUT2D eigenvalue weighted by molar-refractivity contribution is 5.81. The van der Waals surface area contributed by atoms with E-state index in [1.165, 1.54) is 0 Å². The lowest BCUT2D eigenvalue weighted by Gasteiger charge is -2.31. The summed E-state index contributed by atoms with van der Waals surface area (Å²) >= 11 is 0. The second-order valence-electron chi connectivity index (χ2n) is 5.38. The van der Waals surface area contributed by atoms with Crippen molar-refractivity contribution in [2.75, 3.05) is 19.0 Å². The number of carbonyl (C=O) groups is 1. The van der Waals surface area contributed by atoms with Gasteiger partial charge in [-0.15, -0.1) is 0 Å². The van der Waals surface area contributed by atoms with E-state index in [-0.39, 0.29) is 12.5 Å². The largest absolute Gasteiger partial charge is 0.497 e. The number of hydrogen-bond donors (Lipinski definition) is 2. The van der Waals surface area contributed by atoms with Crippen molar-refractivity contribution in [3.63, 3.8) is 0 Å². The first-order chi connectivity index (χ1) is 10.2. The van der Waals surface area contributed by atoms with E-state index in [1.807, 2.05) is 24.3 Å². The van der Waals surface area contributed by atoms with E-state index in [9.17, 15) is 10.1 Å². The van der Waals surface area contributed by atoms with Gasteiger partial charge in [0.15, 0.2) is 0 Å². The van der Waals surface area contributed by atoms with Crippen molar-refractivity contribution < 1.29 is 9.53 Å². The molecule has 1 fully saturated rings. The molecule has 1 aromatic carbocycles. The van der Waals surface area contributed by atoms with E-state index >= 15 is 0 Å². The summed E-state index contributed by atoms with van der Waals surface area (Å²) in [6.07, 6.45) is 4.64. The lowest BCUT2D eigenvalue weighted by molar-refractivity contribution is -0.121. The molecular formula is C16H21N3O2. The van der Waals surface area contributed by atoms with Crippen LogP contribution in [0.15, 0.2) is 24.3 Å². The molecule has 1 aliphatic rings. The first kappa shape index (κ1) is 15.2. The zero-order chi connectivity index (χ0) is 15.1. The van der Waals surface area contributed by atoms with Gasteiger partial charge in [-0.3, -0.25) is 4.79 Å². The molecule has 5 heteroatoms. The van der Waals surface area contributed by atoms with Crippen molar-refractivity contribution in [1.82, 2.24) is 5.32 Å². The molecule has 0 atom stereocenters. The Kier molecular flexibility index (Phi) is 5.04. The van der Waals surface area contributed by atoms with Gasteiger partial charge in [0, 0.05) is 5.69 Å². The Labute approximate surface area is 125 Å². The normalized spacial score (nSPS) is 16.6. The van der Waals surface area contributed by atoms with Gasteiger partial charge in [-0.05, 0) is 37.1 Å². The average Bonchev–Trinajstić information content (AvgIpc) is 2.54. The van der Waals surface area contributed by atoms with Crippen LogP contribution in [0.2, 0.25) is 0 Å². The van der Waals surface area contributed by atoms with E-state index in [0.717, 1.165) is 43.5 Å². The molecule has 0 aliphatic heterocycles. The molecule has 2 N–H and O–H groups in total. The Morgan fingerprint density at radius 3 is 2.52 bits per heavy atom. The van der Waals surface area contributed by atoms with Gasteiger partial charge in [-0.25, -0.2) is 0 Å². The van der Waals surface area contributed by atoms with Gasteiger partial charge in [0.25, 0.3) is 0 Å². The van der Waals surface area contributed by atoms with Crippen LogP contribution < -0.4 is 15.4 Å². The summed E-state index contributed by atoms with van der Waals surface area (Å²) < 4.78 is 5.08. The van der Waals surface area contributed by atoms with Gasteiger partial charge in [0.2, 0.25) is 5.91 Å². The molecule has 1 aromatic rings. The Balaban J connectivity index is 1.85. The van der Waals surface area contributed by atoms with Crippen molar-refractivity contribution in [2.45, 2.75) is 37.6 Å². The molecule has 0 heterocycles. The maximum Gasteiger partial charge on any atom is 0.240 e. The van der Waals surface area contributed by atoms with E-state index in [2.05, 4.69) is 16.7 Å². The number of nitrogens with one attached hydrogen (secondary N) is 2. The second-order valence-corrected chi connectivity index (χ2v) is 5.38. The standard InChI is InChI=1S/C16H21N3O2/c1-21-14-7-5-13(6-8-14)18-11-15(20)19-16(12-17)9-3-2-4-10-16/h5-8,18H,2-4,9-11H2,1H3,(H,19,20). The number of carbonyl (C=O) groups excluding carboxylic acids is 1. The van der Waals surface area contributed by atoms with Gasteiger partial charge in [0.1, 0.15) is 11.3 Å². The molecule has 1 amide bonds. The third kappa shape index (κ3) is 4.12. The quantitative estimate of drug-likeness (QED) is 0.872. The second kappa shape index (κ2) is 6.98. The Hall–Kier alpha value is -2.22. The number of nitrogens with zero attached hydrogens (tertiary/aromatic N) is 1. The van der Waals surface area contributed by atoms with Crippen LogP contribution in [-0.2, 0) is 4.79 Å². The highest BCUT2D eigenvalue weighted by Crippen LogP contribution is 2.27. The monoisotopic (exact) mass is 287 g/mol. The number of nitriles is 1. The van der Waals surface area contributed by atoms with E-state index in [4.69, 9.17) is 4.74 Å². The van der Waals surface area contributed by atoms with Gasteiger partial charge in [-0.2, -0.15) is 5.26 Å². The number of ether oxygens (including phenoxy) is 1.